The zero-order valence-corrected chi connectivity index (χ0v) is 16.1. The van der Waals surface area contributed by atoms with Crippen LogP contribution in [0.4, 0.5) is 5.69 Å². The zero-order chi connectivity index (χ0) is 18.6. The van der Waals surface area contributed by atoms with Crippen LogP contribution < -0.4 is 9.64 Å². The Morgan fingerprint density at radius 2 is 1.70 bits per heavy atom. The second-order valence-corrected chi connectivity index (χ2v) is 7.37. The van der Waals surface area contributed by atoms with Gasteiger partial charge in [0, 0.05) is 31.7 Å². The van der Waals surface area contributed by atoms with E-state index in [9.17, 15) is 4.79 Å². The molecule has 1 aliphatic heterocycles. The highest BCUT2D eigenvalue weighted by Gasteiger charge is 2.24. The molecule has 0 radical (unpaired) electrons. The van der Waals surface area contributed by atoms with E-state index >= 15 is 0 Å². The van der Waals surface area contributed by atoms with Crippen LogP contribution in [0.3, 0.4) is 0 Å². The summed E-state index contributed by atoms with van der Waals surface area (Å²) in [5, 5.41) is 0. The van der Waals surface area contributed by atoms with E-state index in [0.717, 1.165) is 56.0 Å². The third-order valence-corrected chi connectivity index (χ3v) is 5.67. The van der Waals surface area contributed by atoms with Gasteiger partial charge in [-0.05, 0) is 68.0 Å². The van der Waals surface area contributed by atoms with E-state index in [4.69, 9.17) is 4.74 Å². The van der Waals surface area contributed by atoms with Gasteiger partial charge in [0.15, 0.2) is 0 Å². The third kappa shape index (κ3) is 3.80. The maximum Gasteiger partial charge on any atom is 0.253 e. The number of aryl methyl sites for hydroxylation is 2. The van der Waals surface area contributed by atoms with Crippen molar-refractivity contribution in [3.8, 4) is 5.75 Å². The molecule has 2 aromatic rings. The maximum atomic E-state index is 13.0. The minimum absolute atomic E-state index is 0.168. The van der Waals surface area contributed by atoms with Crippen LogP contribution in [-0.2, 0) is 12.8 Å². The summed E-state index contributed by atoms with van der Waals surface area (Å²) in [5.41, 5.74) is 4.77. The first-order chi connectivity index (χ1) is 13.3. The number of hydrogen-bond acceptors (Lipinski definition) is 3. The Bertz CT molecular complexity index is 810. The summed E-state index contributed by atoms with van der Waals surface area (Å²) in [7, 11) is 0. The minimum atomic E-state index is 0.168. The molecule has 4 nitrogen and oxygen atoms in total. The van der Waals surface area contributed by atoms with Crippen LogP contribution in [-0.4, -0.2) is 43.6 Å². The third-order valence-electron chi connectivity index (χ3n) is 5.67. The van der Waals surface area contributed by atoms with E-state index in [2.05, 4.69) is 23.1 Å². The minimum Gasteiger partial charge on any atom is -0.492 e. The monoisotopic (exact) mass is 364 g/mol. The number of para-hydroxylation sites is 2. The molecule has 2 aromatic carbocycles. The molecule has 1 fully saturated rings. The Labute approximate surface area is 161 Å². The lowest BCUT2D eigenvalue weighted by atomic mass is 9.90. The normalized spacial score (nSPS) is 16.8. The van der Waals surface area contributed by atoms with E-state index < -0.39 is 0 Å². The second kappa shape index (κ2) is 8.03. The van der Waals surface area contributed by atoms with Crippen molar-refractivity contribution >= 4 is 11.6 Å². The van der Waals surface area contributed by atoms with Gasteiger partial charge < -0.3 is 14.5 Å². The van der Waals surface area contributed by atoms with Crippen molar-refractivity contribution in [3.63, 3.8) is 0 Å². The summed E-state index contributed by atoms with van der Waals surface area (Å²) < 4.78 is 5.76. The summed E-state index contributed by atoms with van der Waals surface area (Å²) in [4.78, 5) is 17.3. The van der Waals surface area contributed by atoms with Crippen molar-refractivity contribution in [2.75, 3.05) is 37.7 Å². The molecule has 4 heteroatoms. The SMILES string of the molecule is CCOc1ccccc1N1CCN(C(=O)c2ccc3c(c2)CCCC3)CC1. The van der Waals surface area contributed by atoms with Crippen LogP contribution in [0.1, 0.15) is 41.3 Å². The number of hydrogen-bond donors (Lipinski definition) is 0. The Hall–Kier alpha value is -2.49. The molecule has 2 aliphatic rings. The second-order valence-electron chi connectivity index (χ2n) is 7.37. The number of benzene rings is 2. The van der Waals surface area contributed by atoms with E-state index in [1.807, 2.05) is 36.1 Å². The first-order valence-electron chi connectivity index (χ1n) is 10.1. The Balaban J connectivity index is 1.43. The average Bonchev–Trinajstić information content (AvgIpc) is 2.74. The number of carbonyl (C=O) groups is 1. The summed E-state index contributed by atoms with van der Waals surface area (Å²) in [5.74, 6) is 1.09. The van der Waals surface area contributed by atoms with Crippen LogP contribution in [0.25, 0.3) is 0 Å². The van der Waals surface area contributed by atoms with Crippen molar-refractivity contribution in [1.82, 2.24) is 4.90 Å². The van der Waals surface area contributed by atoms with Gasteiger partial charge in [-0.2, -0.15) is 0 Å². The fourth-order valence-corrected chi connectivity index (χ4v) is 4.20. The van der Waals surface area contributed by atoms with Gasteiger partial charge in [-0.15, -0.1) is 0 Å². The van der Waals surface area contributed by atoms with E-state index in [1.165, 1.54) is 24.0 Å². The number of amides is 1. The van der Waals surface area contributed by atoms with Gasteiger partial charge in [0.1, 0.15) is 5.75 Å². The molecule has 0 atom stereocenters. The molecule has 1 heterocycles. The van der Waals surface area contributed by atoms with Crippen molar-refractivity contribution in [1.29, 1.82) is 0 Å². The highest BCUT2D eigenvalue weighted by molar-refractivity contribution is 5.94. The van der Waals surface area contributed by atoms with Crippen LogP contribution in [0, 0.1) is 0 Å². The largest absolute Gasteiger partial charge is 0.492 e. The number of piperazine rings is 1. The molecule has 0 N–H and O–H groups in total. The summed E-state index contributed by atoms with van der Waals surface area (Å²) in [6, 6.07) is 14.5. The highest BCUT2D eigenvalue weighted by atomic mass is 16.5. The van der Waals surface area contributed by atoms with Gasteiger partial charge in [-0.1, -0.05) is 18.2 Å². The highest BCUT2D eigenvalue weighted by Crippen LogP contribution is 2.29. The van der Waals surface area contributed by atoms with E-state index in [-0.39, 0.29) is 5.91 Å². The van der Waals surface area contributed by atoms with Gasteiger partial charge >= 0.3 is 0 Å². The lowest BCUT2D eigenvalue weighted by Gasteiger charge is -2.36. The van der Waals surface area contributed by atoms with Gasteiger partial charge in [0.2, 0.25) is 0 Å². The summed E-state index contributed by atoms with van der Waals surface area (Å²) >= 11 is 0. The standard InChI is InChI=1S/C23H28N2O2/c1-2-27-22-10-6-5-9-21(22)24-13-15-25(16-14-24)23(26)20-12-11-18-7-3-4-8-19(18)17-20/h5-6,9-12,17H,2-4,7-8,13-16H2,1H3. The van der Waals surface area contributed by atoms with Gasteiger partial charge in [0.05, 0.1) is 12.3 Å². The van der Waals surface area contributed by atoms with Crippen LogP contribution >= 0.6 is 0 Å². The zero-order valence-electron chi connectivity index (χ0n) is 16.1. The van der Waals surface area contributed by atoms with Gasteiger partial charge in [-0.3, -0.25) is 4.79 Å². The first-order valence-corrected chi connectivity index (χ1v) is 10.1. The van der Waals surface area contributed by atoms with Gasteiger partial charge in [-0.25, -0.2) is 0 Å². The van der Waals surface area contributed by atoms with Crippen LogP contribution in [0.5, 0.6) is 5.75 Å². The van der Waals surface area contributed by atoms with Crippen molar-refractivity contribution in [3.05, 3.63) is 59.2 Å². The molecule has 1 saturated heterocycles. The molecule has 0 saturated carbocycles. The topological polar surface area (TPSA) is 32.8 Å². The molecule has 4 rings (SSSR count). The molecular weight excluding hydrogens is 336 g/mol. The van der Waals surface area contributed by atoms with Crippen LogP contribution in [0.15, 0.2) is 42.5 Å². The summed E-state index contributed by atoms with van der Waals surface area (Å²) in [6.45, 7) is 5.83. The van der Waals surface area contributed by atoms with Gasteiger partial charge in [0.25, 0.3) is 5.91 Å². The molecule has 0 aromatic heterocycles. The molecule has 1 amide bonds. The molecule has 142 valence electrons. The smallest absolute Gasteiger partial charge is 0.253 e. The van der Waals surface area contributed by atoms with Crippen molar-refractivity contribution < 1.29 is 9.53 Å². The Morgan fingerprint density at radius 1 is 0.963 bits per heavy atom. The summed E-state index contributed by atoms with van der Waals surface area (Å²) in [6.07, 6.45) is 4.77. The molecule has 0 bridgehead atoms. The van der Waals surface area contributed by atoms with E-state index in [1.54, 1.807) is 0 Å². The molecule has 1 aliphatic carbocycles. The quantitative estimate of drug-likeness (QED) is 0.824. The fraction of sp³-hybridized carbons (Fsp3) is 0.435. The molecular formula is C23H28N2O2. The maximum absolute atomic E-state index is 13.0. The molecule has 27 heavy (non-hydrogen) atoms. The number of fused-ring (bicyclic) bond motifs is 1. The van der Waals surface area contributed by atoms with Crippen molar-refractivity contribution in [2.24, 2.45) is 0 Å². The molecule has 0 unspecified atom stereocenters. The lowest BCUT2D eigenvalue weighted by Crippen LogP contribution is -2.48. The van der Waals surface area contributed by atoms with E-state index in [0.29, 0.717) is 6.61 Å². The molecule has 0 spiro atoms. The fourth-order valence-electron chi connectivity index (χ4n) is 4.20. The predicted molar refractivity (Wildman–Crippen MR) is 109 cm³/mol. The Kier molecular flexibility index (Phi) is 5.33. The number of ether oxygens (including phenoxy) is 1. The first kappa shape index (κ1) is 17.9. The number of anilines is 1. The Morgan fingerprint density at radius 3 is 2.48 bits per heavy atom. The van der Waals surface area contributed by atoms with Crippen LogP contribution in [0.2, 0.25) is 0 Å². The number of nitrogens with zero attached hydrogens (tertiary/aromatic N) is 2. The predicted octanol–water partition coefficient (Wildman–Crippen LogP) is 3.93. The lowest BCUT2D eigenvalue weighted by molar-refractivity contribution is 0.0746. The number of carbonyl (C=O) groups excluding carboxylic acids is 1. The van der Waals surface area contributed by atoms with Crippen molar-refractivity contribution in [2.45, 2.75) is 32.6 Å². The average molecular weight is 364 g/mol. The number of rotatable bonds is 4.